The number of rotatable bonds is 11. The van der Waals surface area contributed by atoms with Gasteiger partial charge in [0.05, 0.1) is 45.7 Å². The predicted molar refractivity (Wildman–Crippen MR) is 302 cm³/mol. The molecule has 0 atom stereocenters. The minimum absolute atomic E-state index is 0.580. The number of benzene rings is 10. The molecule has 2 aromatic heterocycles. The number of para-hydroxylation sites is 2. The van der Waals surface area contributed by atoms with Gasteiger partial charge in [-0.3, -0.25) is 0 Å². The zero-order valence-corrected chi connectivity index (χ0v) is 40.4. The summed E-state index contributed by atoms with van der Waals surface area (Å²) in [7, 11) is 0. The molecule has 12 aromatic rings. The summed E-state index contributed by atoms with van der Waals surface area (Å²) in [5.41, 5.74) is 18.3. The highest BCUT2D eigenvalue weighted by Gasteiger charge is 2.21. The van der Waals surface area contributed by atoms with Gasteiger partial charge in [-0.25, -0.2) is 9.97 Å². The van der Waals surface area contributed by atoms with E-state index in [0.29, 0.717) is 17.0 Å². The van der Waals surface area contributed by atoms with Crippen LogP contribution in [-0.4, -0.2) is 14.5 Å². The van der Waals surface area contributed by atoms with Gasteiger partial charge in [0.1, 0.15) is 0 Å². The van der Waals surface area contributed by atoms with E-state index in [-0.39, 0.29) is 0 Å². The van der Waals surface area contributed by atoms with Crippen molar-refractivity contribution in [1.29, 1.82) is 10.5 Å². The Labute approximate surface area is 430 Å². The molecule has 0 radical (unpaired) electrons. The number of nitrogens with zero attached hydrogens (tertiary/aromatic N) is 7. The zero-order chi connectivity index (χ0) is 50.0. The van der Waals surface area contributed by atoms with E-state index >= 15 is 0 Å². The van der Waals surface area contributed by atoms with Crippen LogP contribution in [0.25, 0.3) is 72.5 Å². The summed E-state index contributed by atoms with van der Waals surface area (Å²) in [6.07, 6.45) is 0. The molecule has 7 heteroatoms. The number of hydrogen-bond donors (Lipinski definition) is 0. The van der Waals surface area contributed by atoms with Crippen molar-refractivity contribution in [2.24, 2.45) is 0 Å². The Balaban J connectivity index is 0.973. The van der Waals surface area contributed by atoms with E-state index < -0.39 is 0 Å². The third-order valence-corrected chi connectivity index (χ3v) is 13.6. The molecule has 0 N–H and O–H groups in total. The maximum absolute atomic E-state index is 9.69. The van der Waals surface area contributed by atoms with Crippen molar-refractivity contribution >= 4 is 55.9 Å². The Morgan fingerprint density at radius 1 is 0.365 bits per heavy atom. The lowest BCUT2D eigenvalue weighted by atomic mass is 9.97. The van der Waals surface area contributed by atoms with Gasteiger partial charge >= 0.3 is 0 Å². The van der Waals surface area contributed by atoms with Gasteiger partial charge in [0, 0.05) is 67.3 Å². The first kappa shape index (κ1) is 44.8. The van der Waals surface area contributed by atoms with Gasteiger partial charge in [-0.2, -0.15) is 10.5 Å². The van der Waals surface area contributed by atoms with Crippen LogP contribution in [0, 0.1) is 29.6 Å². The Hall–Kier alpha value is -10.3. The topological polar surface area (TPSA) is 84.8 Å². The van der Waals surface area contributed by atoms with Crippen LogP contribution in [0.2, 0.25) is 0 Å². The van der Waals surface area contributed by atoms with Crippen LogP contribution in [0.15, 0.2) is 255 Å². The Morgan fingerprint density at radius 2 is 0.797 bits per heavy atom. The maximum Gasteiger partial charge on any atom is 0.160 e. The zero-order valence-electron chi connectivity index (χ0n) is 40.4. The molecule has 0 unspecified atom stereocenters. The fourth-order valence-corrected chi connectivity index (χ4v) is 9.97. The monoisotopic (exact) mass is 947 g/mol. The van der Waals surface area contributed by atoms with Crippen molar-refractivity contribution in [3.05, 3.63) is 271 Å². The molecule has 0 aliphatic carbocycles. The molecule has 7 nitrogen and oxygen atoms in total. The predicted octanol–water partition coefficient (Wildman–Crippen LogP) is 17.2. The lowest BCUT2D eigenvalue weighted by Gasteiger charge is -2.26. The summed E-state index contributed by atoms with van der Waals surface area (Å²) in [6, 6.07) is 92.0. The Kier molecular flexibility index (Phi) is 11.8. The van der Waals surface area contributed by atoms with E-state index in [1.165, 1.54) is 0 Å². The molecular weight excluding hydrogens is 903 g/mol. The van der Waals surface area contributed by atoms with Crippen molar-refractivity contribution in [3.8, 4) is 62.9 Å². The number of hydrogen-bond acceptors (Lipinski definition) is 6. The Bertz CT molecular complexity index is 3910. The first-order chi connectivity index (χ1) is 36.5. The molecule has 0 bridgehead atoms. The molecule has 0 amide bonds. The first-order valence-electron chi connectivity index (χ1n) is 24.5. The van der Waals surface area contributed by atoms with Gasteiger partial charge in [-0.15, -0.1) is 0 Å². The normalized spacial score (nSPS) is 11.0. The fourth-order valence-electron chi connectivity index (χ4n) is 9.97. The third-order valence-electron chi connectivity index (χ3n) is 13.6. The van der Waals surface area contributed by atoms with Crippen LogP contribution in [0.3, 0.4) is 0 Å². The van der Waals surface area contributed by atoms with Crippen molar-refractivity contribution in [3.63, 3.8) is 0 Å². The van der Waals surface area contributed by atoms with E-state index in [0.717, 1.165) is 106 Å². The Morgan fingerprint density at radius 3 is 1.28 bits per heavy atom. The molecule has 0 fully saturated rings. The molecule has 10 aromatic carbocycles. The summed E-state index contributed by atoms with van der Waals surface area (Å²) >= 11 is 0. The van der Waals surface area contributed by atoms with Crippen LogP contribution >= 0.6 is 0 Å². The van der Waals surface area contributed by atoms with Crippen LogP contribution < -0.4 is 9.80 Å². The molecular formula is C67H45N7. The molecule has 12 rings (SSSR count). The lowest BCUT2D eigenvalue weighted by Crippen LogP contribution is -2.10. The van der Waals surface area contributed by atoms with Gasteiger partial charge in [0.25, 0.3) is 0 Å². The van der Waals surface area contributed by atoms with Crippen LogP contribution in [0.4, 0.5) is 34.1 Å². The molecule has 0 aliphatic rings. The minimum Gasteiger partial charge on any atom is -0.310 e. The summed E-state index contributed by atoms with van der Waals surface area (Å²) < 4.78 is 2.35. The summed E-state index contributed by atoms with van der Waals surface area (Å²) in [4.78, 5) is 14.6. The van der Waals surface area contributed by atoms with E-state index in [2.05, 4.69) is 191 Å². The number of anilines is 6. The van der Waals surface area contributed by atoms with E-state index in [1.54, 1.807) is 0 Å². The van der Waals surface area contributed by atoms with E-state index in [9.17, 15) is 10.5 Å². The standard InChI is InChI=1S/C67H45N7/c1-46-40-52(28-37-60(46)64-43-63(50-14-6-2-7-15-50)70-67(71-64)51-16-8-3-9-17-51)49-26-33-57(34-27-49)74-65-38-35-58(72(53-18-10-4-11-19-53)54-20-12-5-13-21-54)41-61(65)62-42-59(36-39-66(62)74)73(55-29-22-47(44-68)23-30-55)56-31-24-48(45-69)25-32-56/h2-43H,1H3. The molecule has 0 spiro atoms. The van der Waals surface area contributed by atoms with E-state index in [4.69, 9.17) is 9.97 Å². The summed E-state index contributed by atoms with van der Waals surface area (Å²) in [5, 5.41) is 21.5. The fraction of sp³-hybridized carbons (Fsp3) is 0.0149. The molecule has 348 valence electrons. The highest BCUT2D eigenvalue weighted by atomic mass is 15.1. The maximum atomic E-state index is 9.69. The highest BCUT2D eigenvalue weighted by molar-refractivity contribution is 6.12. The smallest absolute Gasteiger partial charge is 0.160 e. The van der Waals surface area contributed by atoms with Crippen molar-refractivity contribution in [2.45, 2.75) is 6.92 Å². The van der Waals surface area contributed by atoms with E-state index in [1.807, 2.05) is 97.1 Å². The molecule has 2 heterocycles. The van der Waals surface area contributed by atoms with Gasteiger partial charge in [0.2, 0.25) is 0 Å². The molecule has 74 heavy (non-hydrogen) atoms. The van der Waals surface area contributed by atoms with Crippen LogP contribution in [0.1, 0.15) is 16.7 Å². The van der Waals surface area contributed by atoms with Crippen molar-refractivity contribution < 1.29 is 0 Å². The van der Waals surface area contributed by atoms with Gasteiger partial charge < -0.3 is 14.4 Å². The van der Waals surface area contributed by atoms with Gasteiger partial charge in [0.15, 0.2) is 5.82 Å². The highest BCUT2D eigenvalue weighted by Crippen LogP contribution is 2.43. The average Bonchev–Trinajstić information content (AvgIpc) is 3.80. The molecule has 0 saturated heterocycles. The summed E-state index contributed by atoms with van der Waals surface area (Å²) in [5.74, 6) is 0.693. The second-order valence-corrected chi connectivity index (χ2v) is 18.2. The third kappa shape index (κ3) is 8.58. The number of aryl methyl sites for hydroxylation is 1. The SMILES string of the molecule is Cc1cc(-c2ccc(-n3c4ccc(N(c5ccccc5)c5ccccc5)cc4c4cc(N(c5ccc(C#N)cc5)c5ccc(C#N)cc5)ccc43)cc2)ccc1-c1cc(-c2ccccc2)nc(-c2ccccc2)n1. The van der Waals surface area contributed by atoms with Crippen LogP contribution in [0.5, 0.6) is 0 Å². The second kappa shape index (κ2) is 19.5. The molecule has 0 aliphatic heterocycles. The second-order valence-electron chi connectivity index (χ2n) is 18.2. The largest absolute Gasteiger partial charge is 0.310 e. The summed E-state index contributed by atoms with van der Waals surface area (Å²) in [6.45, 7) is 2.15. The first-order valence-corrected chi connectivity index (χ1v) is 24.5. The van der Waals surface area contributed by atoms with Gasteiger partial charge in [-0.05, 0) is 151 Å². The average molecular weight is 948 g/mol. The van der Waals surface area contributed by atoms with Crippen molar-refractivity contribution in [2.75, 3.05) is 9.80 Å². The lowest BCUT2D eigenvalue weighted by molar-refractivity contribution is 1.18. The number of fused-ring (bicyclic) bond motifs is 3. The minimum atomic E-state index is 0.580. The van der Waals surface area contributed by atoms with Crippen molar-refractivity contribution in [1.82, 2.24) is 14.5 Å². The van der Waals surface area contributed by atoms with Gasteiger partial charge in [-0.1, -0.05) is 127 Å². The number of nitriles is 2. The quantitative estimate of drug-likeness (QED) is 0.128. The number of aromatic nitrogens is 3. The molecule has 0 saturated carbocycles. The van der Waals surface area contributed by atoms with Crippen LogP contribution in [-0.2, 0) is 0 Å².